The zero-order valence-electron chi connectivity index (χ0n) is 4.97. The van der Waals surface area contributed by atoms with E-state index in [1.807, 2.05) is 19.9 Å². The number of hydrogen-bond acceptors (Lipinski definition) is 2. The molecule has 0 amide bonds. The largest absolute Gasteiger partial charge is 0.286 e. The van der Waals surface area contributed by atoms with Crippen LogP contribution in [0.15, 0.2) is 11.0 Å². The summed E-state index contributed by atoms with van der Waals surface area (Å²) in [5.74, 6) is 0.153. The number of rotatable bonds is 0. The highest BCUT2D eigenvalue weighted by Crippen LogP contribution is 2.29. The van der Waals surface area contributed by atoms with Gasteiger partial charge < -0.3 is 0 Å². The summed E-state index contributed by atoms with van der Waals surface area (Å²) in [5.41, 5.74) is 0. The predicted octanol–water partition coefficient (Wildman–Crippen LogP) is 1.80. The van der Waals surface area contributed by atoms with Gasteiger partial charge in [-0.1, -0.05) is 24.8 Å². The van der Waals surface area contributed by atoms with Gasteiger partial charge >= 0.3 is 0 Å². The van der Waals surface area contributed by atoms with E-state index in [0.717, 1.165) is 4.91 Å². The molecule has 0 saturated carbocycles. The molecule has 0 bridgehead atoms. The summed E-state index contributed by atoms with van der Waals surface area (Å²) in [6.07, 6.45) is 1.99. The molecule has 1 unspecified atom stereocenters. The molecule has 0 radical (unpaired) electrons. The summed E-state index contributed by atoms with van der Waals surface area (Å²) in [6.45, 7) is 3.89. The number of allylic oxidation sites excluding steroid dienone is 2. The van der Waals surface area contributed by atoms with Crippen LogP contribution in [0, 0.1) is 5.92 Å². The Hall–Kier alpha value is -0.240. The Bertz CT molecular complexity index is 149. The Morgan fingerprint density at radius 2 is 2.38 bits per heavy atom. The van der Waals surface area contributed by atoms with E-state index in [1.165, 1.54) is 11.8 Å². The van der Waals surface area contributed by atoms with E-state index in [1.54, 1.807) is 0 Å². The smallest absolute Gasteiger partial charge is 0.199 e. The average molecular weight is 128 g/mol. The molecule has 8 heavy (non-hydrogen) atoms. The van der Waals surface area contributed by atoms with Crippen LogP contribution in [0.1, 0.15) is 13.8 Å². The molecule has 44 valence electrons. The molecule has 1 atom stereocenters. The van der Waals surface area contributed by atoms with Gasteiger partial charge in [0.15, 0.2) is 5.12 Å². The minimum Gasteiger partial charge on any atom is -0.286 e. The van der Waals surface area contributed by atoms with Gasteiger partial charge in [0.05, 0.1) is 0 Å². The van der Waals surface area contributed by atoms with Crippen LogP contribution in [0.3, 0.4) is 0 Å². The molecule has 0 N–H and O–H groups in total. The van der Waals surface area contributed by atoms with Gasteiger partial charge in [0.2, 0.25) is 0 Å². The molecule has 2 heteroatoms. The lowest BCUT2D eigenvalue weighted by Crippen LogP contribution is -1.95. The Labute approximate surface area is 53.2 Å². The Kier molecular flexibility index (Phi) is 1.43. The van der Waals surface area contributed by atoms with Crippen LogP contribution in [0.4, 0.5) is 0 Å². The second kappa shape index (κ2) is 1.94. The maximum atomic E-state index is 10.7. The zero-order valence-corrected chi connectivity index (χ0v) is 5.79. The highest BCUT2D eigenvalue weighted by Gasteiger charge is 2.18. The molecule has 1 heterocycles. The van der Waals surface area contributed by atoms with E-state index < -0.39 is 0 Å². The molecule has 0 aromatic rings. The predicted molar refractivity (Wildman–Crippen MR) is 35.5 cm³/mol. The Morgan fingerprint density at radius 1 is 1.75 bits per heavy atom. The number of hydrogen-bond donors (Lipinski definition) is 0. The fraction of sp³-hybridized carbons (Fsp3) is 0.500. The second-order valence-corrected chi connectivity index (χ2v) is 3.24. The van der Waals surface area contributed by atoms with E-state index in [0.29, 0.717) is 0 Å². The summed E-state index contributed by atoms with van der Waals surface area (Å²) in [7, 11) is 0. The third-order valence-corrected chi connectivity index (χ3v) is 2.15. The van der Waals surface area contributed by atoms with Crippen LogP contribution in [0.2, 0.25) is 0 Å². The van der Waals surface area contributed by atoms with Gasteiger partial charge in [0.1, 0.15) is 0 Å². The lowest BCUT2D eigenvalue weighted by Gasteiger charge is -1.88. The molecular weight excluding hydrogens is 120 g/mol. The molecule has 1 aliphatic rings. The Morgan fingerprint density at radius 3 is 2.50 bits per heavy atom. The molecule has 1 rings (SSSR count). The molecule has 0 spiro atoms. The van der Waals surface area contributed by atoms with Gasteiger partial charge in [-0.3, -0.25) is 4.79 Å². The zero-order chi connectivity index (χ0) is 6.15. The van der Waals surface area contributed by atoms with Gasteiger partial charge in [-0.25, -0.2) is 0 Å². The van der Waals surface area contributed by atoms with Crippen molar-refractivity contribution in [3.05, 3.63) is 11.0 Å². The van der Waals surface area contributed by atoms with Crippen molar-refractivity contribution in [1.82, 2.24) is 0 Å². The van der Waals surface area contributed by atoms with Crippen LogP contribution in [-0.2, 0) is 4.79 Å². The van der Waals surface area contributed by atoms with Crippen molar-refractivity contribution in [2.75, 3.05) is 0 Å². The minimum absolute atomic E-state index is 0.153. The third kappa shape index (κ3) is 0.944. The fourth-order valence-corrected chi connectivity index (χ4v) is 1.55. The average Bonchev–Trinajstić information content (AvgIpc) is 1.85. The highest BCUT2D eigenvalue weighted by atomic mass is 32.2. The van der Waals surface area contributed by atoms with Crippen LogP contribution < -0.4 is 0 Å². The van der Waals surface area contributed by atoms with Crippen LogP contribution in [0.25, 0.3) is 0 Å². The van der Waals surface area contributed by atoms with E-state index in [-0.39, 0.29) is 11.0 Å². The van der Waals surface area contributed by atoms with Crippen molar-refractivity contribution < 1.29 is 4.79 Å². The Balaban J connectivity index is 2.69. The van der Waals surface area contributed by atoms with Gasteiger partial charge in [0.25, 0.3) is 0 Å². The SMILES string of the molecule is CC1=CC(C)C(=O)S1. The number of carbonyl (C=O) groups excluding carboxylic acids is 1. The molecule has 0 aromatic carbocycles. The molecule has 0 fully saturated rings. The molecule has 0 aromatic heterocycles. The van der Waals surface area contributed by atoms with E-state index in [9.17, 15) is 4.79 Å². The summed E-state index contributed by atoms with van der Waals surface area (Å²) in [5, 5.41) is 0.280. The molecule has 0 saturated heterocycles. The lowest BCUT2D eigenvalue weighted by molar-refractivity contribution is -0.112. The maximum Gasteiger partial charge on any atom is 0.199 e. The second-order valence-electron chi connectivity index (χ2n) is 1.99. The first-order chi connectivity index (χ1) is 3.70. The van der Waals surface area contributed by atoms with Crippen molar-refractivity contribution in [3.63, 3.8) is 0 Å². The summed E-state index contributed by atoms with van der Waals surface area (Å²) in [6, 6.07) is 0. The quantitative estimate of drug-likeness (QED) is 0.495. The molecule has 1 nitrogen and oxygen atoms in total. The first-order valence-corrected chi connectivity index (χ1v) is 3.42. The van der Waals surface area contributed by atoms with Gasteiger partial charge in [0, 0.05) is 5.92 Å². The van der Waals surface area contributed by atoms with E-state index in [2.05, 4.69) is 0 Å². The fourth-order valence-electron chi connectivity index (χ4n) is 0.706. The summed E-state index contributed by atoms with van der Waals surface area (Å²) >= 11 is 1.35. The summed E-state index contributed by atoms with van der Waals surface area (Å²) in [4.78, 5) is 11.8. The first-order valence-electron chi connectivity index (χ1n) is 2.60. The van der Waals surface area contributed by atoms with E-state index in [4.69, 9.17) is 0 Å². The van der Waals surface area contributed by atoms with Crippen molar-refractivity contribution in [1.29, 1.82) is 0 Å². The monoisotopic (exact) mass is 128 g/mol. The number of thioether (sulfide) groups is 1. The normalized spacial score (nSPS) is 28.5. The standard InChI is InChI=1S/C6H8OS/c1-4-3-5(2)8-6(4)7/h3-4H,1-2H3. The number of carbonyl (C=O) groups is 1. The first kappa shape index (κ1) is 5.89. The van der Waals surface area contributed by atoms with Crippen molar-refractivity contribution in [2.24, 2.45) is 5.92 Å². The minimum atomic E-state index is 0.153. The maximum absolute atomic E-state index is 10.7. The lowest BCUT2D eigenvalue weighted by atomic mass is 10.2. The van der Waals surface area contributed by atoms with Crippen LogP contribution in [-0.4, -0.2) is 5.12 Å². The molecule has 1 aliphatic heterocycles. The van der Waals surface area contributed by atoms with Crippen molar-refractivity contribution in [2.45, 2.75) is 13.8 Å². The van der Waals surface area contributed by atoms with Gasteiger partial charge in [-0.05, 0) is 11.8 Å². The third-order valence-electron chi connectivity index (χ3n) is 1.12. The van der Waals surface area contributed by atoms with Crippen LogP contribution >= 0.6 is 11.8 Å². The van der Waals surface area contributed by atoms with Crippen LogP contribution in [0.5, 0.6) is 0 Å². The molecule has 0 aliphatic carbocycles. The van der Waals surface area contributed by atoms with Gasteiger partial charge in [-0.2, -0.15) is 0 Å². The molecular formula is C6H8OS. The van der Waals surface area contributed by atoms with Crippen molar-refractivity contribution >= 4 is 16.9 Å². The van der Waals surface area contributed by atoms with Gasteiger partial charge in [-0.15, -0.1) is 0 Å². The topological polar surface area (TPSA) is 17.1 Å². The van der Waals surface area contributed by atoms with Crippen molar-refractivity contribution in [3.8, 4) is 0 Å². The summed E-state index contributed by atoms with van der Waals surface area (Å²) < 4.78 is 0. The highest BCUT2D eigenvalue weighted by molar-refractivity contribution is 8.17. The van der Waals surface area contributed by atoms with E-state index >= 15 is 0 Å².